The Hall–Kier alpha value is -2.88. The fraction of sp³-hybridized carbons (Fsp3) is 0.250. The summed E-state index contributed by atoms with van der Waals surface area (Å²) in [7, 11) is 1.76. The van der Waals surface area contributed by atoms with Gasteiger partial charge in [-0.05, 0) is 35.7 Å². The van der Waals surface area contributed by atoms with Crippen LogP contribution in [0.15, 0.2) is 72.1 Å². The molecule has 2 aromatic heterocycles. The van der Waals surface area contributed by atoms with Crippen LogP contribution >= 0.6 is 24.0 Å². The van der Waals surface area contributed by atoms with Crippen molar-refractivity contribution in [1.82, 2.24) is 25.2 Å². The minimum Gasteiger partial charge on any atom is -0.361 e. The van der Waals surface area contributed by atoms with Crippen LogP contribution in [0.5, 0.6) is 0 Å². The zero-order chi connectivity index (χ0) is 21.5. The SMILES string of the molecule is CN=C(NCCc1c[nH]c2ccc(F)cc12)NCCc1nccn1Cc1ccccc1.I. The fourth-order valence-electron chi connectivity index (χ4n) is 3.68. The van der Waals surface area contributed by atoms with Crippen LogP contribution in [0.4, 0.5) is 4.39 Å². The lowest BCUT2D eigenvalue weighted by atomic mass is 10.1. The van der Waals surface area contributed by atoms with Gasteiger partial charge in [0.2, 0.25) is 0 Å². The summed E-state index contributed by atoms with van der Waals surface area (Å²) in [6.07, 6.45) is 7.36. The lowest BCUT2D eigenvalue weighted by molar-refractivity contribution is 0.629. The van der Waals surface area contributed by atoms with E-state index >= 15 is 0 Å². The number of hydrogen-bond donors (Lipinski definition) is 3. The predicted molar refractivity (Wildman–Crippen MR) is 138 cm³/mol. The lowest BCUT2D eigenvalue weighted by Gasteiger charge is -2.12. The summed E-state index contributed by atoms with van der Waals surface area (Å²) in [5.74, 6) is 1.56. The molecule has 3 N–H and O–H groups in total. The van der Waals surface area contributed by atoms with Crippen LogP contribution in [0, 0.1) is 5.82 Å². The second kappa shape index (κ2) is 11.7. The van der Waals surface area contributed by atoms with Crippen molar-refractivity contribution in [2.45, 2.75) is 19.4 Å². The van der Waals surface area contributed by atoms with Crippen molar-refractivity contribution < 1.29 is 4.39 Å². The Balaban J connectivity index is 0.00000289. The Kier molecular flexibility index (Phi) is 8.66. The van der Waals surface area contributed by atoms with Gasteiger partial charge in [-0.2, -0.15) is 0 Å². The van der Waals surface area contributed by atoms with E-state index in [1.165, 1.54) is 11.6 Å². The molecule has 8 heteroatoms. The molecule has 2 heterocycles. The smallest absolute Gasteiger partial charge is 0.191 e. The Morgan fingerprint density at radius 2 is 1.88 bits per heavy atom. The van der Waals surface area contributed by atoms with E-state index in [9.17, 15) is 4.39 Å². The maximum atomic E-state index is 13.5. The minimum absolute atomic E-state index is 0. The van der Waals surface area contributed by atoms with Gasteiger partial charge >= 0.3 is 0 Å². The third-order valence-corrected chi connectivity index (χ3v) is 5.28. The molecule has 0 aliphatic heterocycles. The Bertz CT molecular complexity index is 1150. The summed E-state index contributed by atoms with van der Waals surface area (Å²) in [6, 6.07) is 15.2. The van der Waals surface area contributed by atoms with E-state index in [2.05, 4.69) is 54.4 Å². The third-order valence-electron chi connectivity index (χ3n) is 5.28. The Morgan fingerprint density at radius 3 is 2.66 bits per heavy atom. The standard InChI is InChI=1S/C24H27FN6.HI/c1-26-24(28-11-9-19-16-30-22-8-7-20(25)15-21(19)22)29-12-10-23-27-13-14-31(23)17-18-5-3-2-4-6-18;/h2-8,13-16,30H,9-12,17H2,1H3,(H2,26,28,29);1H. The van der Waals surface area contributed by atoms with E-state index in [1.54, 1.807) is 19.2 Å². The number of guanidine groups is 1. The van der Waals surface area contributed by atoms with Crippen molar-refractivity contribution >= 4 is 40.8 Å². The molecule has 0 spiro atoms. The van der Waals surface area contributed by atoms with E-state index < -0.39 is 0 Å². The number of benzene rings is 2. The summed E-state index contributed by atoms with van der Waals surface area (Å²) < 4.78 is 15.7. The molecule has 0 fully saturated rings. The van der Waals surface area contributed by atoms with Gasteiger partial charge in [0.1, 0.15) is 11.6 Å². The van der Waals surface area contributed by atoms with Crippen molar-refractivity contribution in [3.8, 4) is 0 Å². The molecule has 32 heavy (non-hydrogen) atoms. The van der Waals surface area contributed by atoms with Crippen molar-refractivity contribution in [3.05, 3.63) is 89.9 Å². The lowest BCUT2D eigenvalue weighted by Crippen LogP contribution is -2.39. The van der Waals surface area contributed by atoms with Crippen LogP contribution in [-0.2, 0) is 19.4 Å². The number of aliphatic imine (C=N–C) groups is 1. The number of aromatic nitrogens is 3. The van der Waals surface area contributed by atoms with Gasteiger partial charge in [-0.1, -0.05) is 30.3 Å². The number of halogens is 2. The third kappa shape index (κ3) is 6.09. The minimum atomic E-state index is -0.218. The first-order chi connectivity index (χ1) is 15.2. The van der Waals surface area contributed by atoms with Crippen LogP contribution in [0.25, 0.3) is 10.9 Å². The highest BCUT2D eigenvalue weighted by Crippen LogP contribution is 2.19. The highest BCUT2D eigenvalue weighted by molar-refractivity contribution is 14.0. The molecule has 0 bridgehead atoms. The van der Waals surface area contributed by atoms with E-state index in [0.717, 1.165) is 54.2 Å². The molecule has 0 saturated heterocycles. The molecule has 0 aliphatic rings. The molecule has 0 saturated carbocycles. The molecule has 4 aromatic rings. The molecule has 0 radical (unpaired) electrons. The van der Waals surface area contributed by atoms with E-state index in [4.69, 9.17) is 0 Å². The molecule has 168 valence electrons. The van der Waals surface area contributed by atoms with Crippen molar-refractivity contribution in [1.29, 1.82) is 0 Å². The Morgan fingerprint density at radius 1 is 1.09 bits per heavy atom. The maximum Gasteiger partial charge on any atom is 0.191 e. The molecule has 0 atom stereocenters. The molecular weight excluding hydrogens is 518 g/mol. The number of nitrogens with one attached hydrogen (secondary N) is 3. The zero-order valence-electron chi connectivity index (χ0n) is 18.0. The first-order valence-corrected chi connectivity index (χ1v) is 10.5. The van der Waals surface area contributed by atoms with Gasteiger partial charge in [-0.15, -0.1) is 24.0 Å². The monoisotopic (exact) mass is 546 g/mol. The van der Waals surface area contributed by atoms with Gasteiger partial charge in [-0.25, -0.2) is 9.37 Å². The Labute approximate surface area is 204 Å². The quantitative estimate of drug-likeness (QED) is 0.177. The number of rotatable bonds is 8. The van der Waals surface area contributed by atoms with Crippen LogP contribution in [0.1, 0.15) is 17.0 Å². The molecule has 0 unspecified atom stereocenters. The first kappa shape index (κ1) is 23.8. The van der Waals surface area contributed by atoms with Gasteiger partial charge < -0.3 is 20.2 Å². The van der Waals surface area contributed by atoms with E-state index in [0.29, 0.717) is 6.54 Å². The van der Waals surface area contributed by atoms with E-state index in [-0.39, 0.29) is 29.8 Å². The summed E-state index contributed by atoms with van der Waals surface area (Å²) in [4.78, 5) is 12.0. The van der Waals surface area contributed by atoms with Crippen LogP contribution in [-0.4, -0.2) is 40.6 Å². The van der Waals surface area contributed by atoms with Crippen LogP contribution < -0.4 is 10.6 Å². The first-order valence-electron chi connectivity index (χ1n) is 10.5. The van der Waals surface area contributed by atoms with Gasteiger partial charge in [0, 0.05) is 62.6 Å². The number of aromatic amines is 1. The summed E-state index contributed by atoms with van der Waals surface area (Å²) >= 11 is 0. The second-order valence-corrected chi connectivity index (χ2v) is 7.39. The zero-order valence-corrected chi connectivity index (χ0v) is 20.3. The van der Waals surface area contributed by atoms with Gasteiger partial charge in [0.05, 0.1) is 0 Å². The van der Waals surface area contributed by atoms with Crippen molar-refractivity contribution in [2.75, 3.05) is 20.1 Å². The van der Waals surface area contributed by atoms with Crippen LogP contribution in [0.3, 0.4) is 0 Å². The number of imidazole rings is 1. The molecule has 6 nitrogen and oxygen atoms in total. The molecule has 4 rings (SSSR count). The topological polar surface area (TPSA) is 70.0 Å². The number of fused-ring (bicyclic) bond motifs is 1. The fourth-order valence-corrected chi connectivity index (χ4v) is 3.68. The molecular formula is C24H28FIN6. The average Bonchev–Trinajstić information content (AvgIpc) is 3.40. The molecule has 2 aromatic carbocycles. The average molecular weight is 546 g/mol. The molecule has 0 amide bonds. The largest absolute Gasteiger partial charge is 0.361 e. The van der Waals surface area contributed by atoms with E-state index in [1.807, 2.05) is 24.7 Å². The number of H-pyrrole nitrogens is 1. The van der Waals surface area contributed by atoms with Gasteiger partial charge in [0.25, 0.3) is 0 Å². The van der Waals surface area contributed by atoms with Crippen molar-refractivity contribution in [2.24, 2.45) is 4.99 Å². The summed E-state index contributed by atoms with van der Waals surface area (Å²) in [5.41, 5.74) is 3.29. The van der Waals surface area contributed by atoms with Crippen LogP contribution in [0.2, 0.25) is 0 Å². The highest BCUT2D eigenvalue weighted by Gasteiger charge is 2.07. The summed E-state index contributed by atoms with van der Waals surface area (Å²) in [5, 5.41) is 7.59. The number of nitrogens with zero attached hydrogens (tertiary/aromatic N) is 3. The van der Waals surface area contributed by atoms with Crippen molar-refractivity contribution in [3.63, 3.8) is 0 Å². The maximum absolute atomic E-state index is 13.5. The second-order valence-electron chi connectivity index (χ2n) is 7.39. The highest BCUT2D eigenvalue weighted by atomic mass is 127. The molecule has 0 aliphatic carbocycles. The predicted octanol–water partition coefficient (Wildman–Crippen LogP) is 4.12. The normalized spacial score (nSPS) is 11.4. The number of hydrogen-bond acceptors (Lipinski definition) is 2. The van der Waals surface area contributed by atoms with Gasteiger partial charge in [0.15, 0.2) is 5.96 Å². The van der Waals surface area contributed by atoms with Gasteiger partial charge in [-0.3, -0.25) is 4.99 Å². The summed E-state index contributed by atoms with van der Waals surface area (Å²) in [6.45, 7) is 2.24.